The van der Waals surface area contributed by atoms with Crippen LogP contribution in [0.2, 0.25) is 0 Å². The molecule has 0 radical (unpaired) electrons. The van der Waals surface area contributed by atoms with Gasteiger partial charge < -0.3 is 5.32 Å². The van der Waals surface area contributed by atoms with Gasteiger partial charge in [-0.25, -0.2) is 0 Å². The SMILES string of the molecule is CC(C)=CCC[C@@H](C)NCc1cnn(C)c1C. The lowest BCUT2D eigenvalue weighted by Crippen LogP contribution is -2.25. The Labute approximate surface area is 105 Å². The van der Waals surface area contributed by atoms with E-state index in [0.717, 1.165) is 13.0 Å². The third-order valence-corrected chi connectivity index (χ3v) is 3.13. The number of aromatic nitrogens is 2. The fourth-order valence-electron chi connectivity index (χ4n) is 1.73. The first-order chi connectivity index (χ1) is 8.00. The first kappa shape index (κ1) is 14.0. The molecule has 17 heavy (non-hydrogen) atoms. The molecular weight excluding hydrogens is 210 g/mol. The van der Waals surface area contributed by atoms with Crippen LogP contribution in [0.5, 0.6) is 0 Å². The number of aryl methyl sites for hydroxylation is 1. The minimum absolute atomic E-state index is 0.546. The van der Waals surface area contributed by atoms with E-state index in [0.29, 0.717) is 6.04 Å². The number of hydrogen-bond donors (Lipinski definition) is 1. The normalized spacial score (nSPS) is 12.5. The average Bonchev–Trinajstić information content (AvgIpc) is 2.57. The Morgan fingerprint density at radius 1 is 1.53 bits per heavy atom. The quantitative estimate of drug-likeness (QED) is 0.768. The lowest BCUT2D eigenvalue weighted by Gasteiger charge is -2.12. The molecule has 1 N–H and O–H groups in total. The van der Waals surface area contributed by atoms with E-state index >= 15 is 0 Å². The van der Waals surface area contributed by atoms with Crippen LogP contribution in [0.25, 0.3) is 0 Å². The van der Waals surface area contributed by atoms with Gasteiger partial charge in [-0.2, -0.15) is 5.10 Å². The minimum atomic E-state index is 0.546. The van der Waals surface area contributed by atoms with E-state index in [1.165, 1.54) is 23.3 Å². The van der Waals surface area contributed by atoms with Crippen LogP contribution in [-0.4, -0.2) is 15.8 Å². The van der Waals surface area contributed by atoms with Gasteiger partial charge in [0, 0.05) is 30.9 Å². The average molecular weight is 235 g/mol. The summed E-state index contributed by atoms with van der Waals surface area (Å²) >= 11 is 0. The van der Waals surface area contributed by atoms with Crippen LogP contribution < -0.4 is 5.32 Å². The highest BCUT2D eigenvalue weighted by atomic mass is 15.3. The molecule has 1 aromatic rings. The molecule has 0 unspecified atom stereocenters. The van der Waals surface area contributed by atoms with Gasteiger partial charge in [0.25, 0.3) is 0 Å². The Balaban J connectivity index is 2.31. The number of nitrogens with one attached hydrogen (secondary N) is 1. The Morgan fingerprint density at radius 3 is 2.76 bits per heavy atom. The van der Waals surface area contributed by atoms with Crippen molar-refractivity contribution in [2.24, 2.45) is 7.05 Å². The summed E-state index contributed by atoms with van der Waals surface area (Å²) in [5.74, 6) is 0. The van der Waals surface area contributed by atoms with Gasteiger partial charge in [-0.1, -0.05) is 11.6 Å². The molecule has 1 heterocycles. The highest BCUT2D eigenvalue weighted by molar-refractivity contribution is 5.15. The molecule has 1 aromatic heterocycles. The maximum atomic E-state index is 4.25. The molecule has 1 atom stereocenters. The van der Waals surface area contributed by atoms with Gasteiger partial charge in [0.15, 0.2) is 0 Å². The van der Waals surface area contributed by atoms with Crippen molar-refractivity contribution in [3.8, 4) is 0 Å². The van der Waals surface area contributed by atoms with Crippen LogP contribution in [0.3, 0.4) is 0 Å². The summed E-state index contributed by atoms with van der Waals surface area (Å²) in [6.45, 7) is 9.56. The summed E-state index contributed by atoms with van der Waals surface area (Å²) in [6.07, 6.45) is 6.59. The second-order valence-corrected chi connectivity index (χ2v) is 5.02. The van der Waals surface area contributed by atoms with Crippen LogP contribution in [-0.2, 0) is 13.6 Å². The first-order valence-corrected chi connectivity index (χ1v) is 6.35. The molecule has 3 heteroatoms. The molecule has 0 aromatic carbocycles. The molecule has 0 aliphatic heterocycles. The molecule has 0 fully saturated rings. The lowest BCUT2D eigenvalue weighted by molar-refractivity contribution is 0.516. The van der Waals surface area contributed by atoms with Crippen LogP contribution in [0.15, 0.2) is 17.8 Å². The smallest absolute Gasteiger partial charge is 0.0537 e. The topological polar surface area (TPSA) is 29.9 Å². The Kier molecular flexibility index (Phi) is 5.42. The molecule has 0 saturated carbocycles. The standard InChI is InChI=1S/C14H25N3/c1-11(2)7-6-8-12(3)15-9-14-10-16-17(5)13(14)4/h7,10,12,15H,6,8-9H2,1-5H3/t12-/m1/s1. The van der Waals surface area contributed by atoms with Crippen molar-refractivity contribution in [2.45, 2.75) is 53.1 Å². The van der Waals surface area contributed by atoms with E-state index in [1.807, 2.05) is 17.9 Å². The predicted octanol–water partition coefficient (Wildman–Crippen LogP) is 2.95. The monoisotopic (exact) mass is 235 g/mol. The summed E-state index contributed by atoms with van der Waals surface area (Å²) < 4.78 is 1.92. The molecule has 0 bridgehead atoms. The molecule has 0 aliphatic rings. The van der Waals surface area contributed by atoms with Crippen LogP contribution in [0, 0.1) is 6.92 Å². The van der Waals surface area contributed by atoms with E-state index in [2.05, 4.69) is 44.2 Å². The van der Waals surface area contributed by atoms with E-state index in [1.54, 1.807) is 0 Å². The molecule has 1 rings (SSSR count). The zero-order chi connectivity index (χ0) is 12.8. The summed E-state index contributed by atoms with van der Waals surface area (Å²) in [5, 5.41) is 7.79. The van der Waals surface area contributed by atoms with Gasteiger partial charge in [-0.15, -0.1) is 0 Å². The van der Waals surface area contributed by atoms with Gasteiger partial charge in [0.1, 0.15) is 0 Å². The van der Waals surface area contributed by atoms with Gasteiger partial charge in [-0.05, 0) is 40.5 Å². The van der Waals surface area contributed by atoms with E-state index in [-0.39, 0.29) is 0 Å². The van der Waals surface area contributed by atoms with Crippen molar-refractivity contribution in [1.29, 1.82) is 0 Å². The third kappa shape index (κ3) is 4.73. The Bertz CT molecular complexity index is 373. The summed E-state index contributed by atoms with van der Waals surface area (Å²) in [6, 6.07) is 0.546. The number of rotatable bonds is 6. The van der Waals surface area contributed by atoms with E-state index in [4.69, 9.17) is 0 Å². The fourth-order valence-corrected chi connectivity index (χ4v) is 1.73. The summed E-state index contributed by atoms with van der Waals surface area (Å²) in [4.78, 5) is 0. The first-order valence-electron chi connectivity index (χ1n) is 6.35. The molecule has 0 spiro atoms. The van der Waals surface area contributed by atoms with Crippen LogP contribution in [0.4, 0.5) is 0 Å². The van der Waals surface area contributed by atoms with Crippen molar-refractivity contribution in [2.75, 3.05) is 0 Å². The van der Waals surface area contributed by atoms with Crippen molar-refractivity contribution >= 4 is 0 Å². The molecule has 3 nitrogen and oxygen atoms in total. The highest BCUT2D eigenvalue weighted by Gasteiger charge is 2.05. The summed E-state index contributed by atoms with van der Waals surface area (Å²) in [7, 11) is 1.98. The van der Waals surface area contributed by atoms with Crippen LogP contribution >= 0.6 is 0 Å². The van der Waals surface area contributed by atoms with Gasteiger partial charge in [0.05, 0.1) is 6.20 Å². The minimum Gasteiger partial charge on any atom is -0.310 e. The second-order valence-electron chi connectivity index (χ2n) is 5.02. The van der Waals surface area contributed by atoms with Crippen molar-refractivity contribution in [3.05, 3.63) is 29.1 Å². The summed E-state index contributed by atoms with van der Waals surface area (Å²) in [5.41, 5.74) is 3.94. The zero-order valence-electron chi connectivity index (χ0n) is 11.7. The number of allylic oxidation sites excluding steroid dienone is 2. The molecular formula is C14H25N3. The molecule has 96 valence electrons. The van der Waals surface area contributed by atoms with Crippen LogP contribution in [0.1, 0.15) is 44.9 Å². The number of hydrogen-bond acceptors (Lipinski definition) is 2. The van der Waals surface area contributed by atoms with E-state index in [9.17, 15) is 0 Å². The predicted molar refractivity (Wildman–Crippen MR) is 72.9 cm³/mol. The van der Waals surface area contributed by atoms with Crippen molar-refractivity contribution in [1.82, 2.24) is 15.1 Å². The second kappa shape index (κ2) is 6.60. The highest BCUT2D eigenvalue weighted by Crippen LogP contribution is 2.07. The van der Waals surface area contributed by atoms with Crippen molar-refractivity contribution < 1.29 is 0 Å². The van der Waals surface area contributed by atoms with Gasteiger partial charge in [0.2, 0.25) is 0 Å². The molecule has 0 saturated heterocycles. The molecule has 0 aliphatic carbocycles. The molecule has 0 amide bonds. The Hall–Kier alpha value is -1.09. The third-order valence-electron chi connectivity index (χ3n) is 3.13. The maximum Gasteiger partial charge on any atom is 0.0537 e. The number of nitrogens with zero attached hydrogens (tertiary/aromatic N) is 2. The van der Waals surface area contributed by atoms with Crippen molar-refractivity contribution in [3.63, 3.8) is 0 Å². The lowest BCUT2D eigenvalue weighted by atomic mass is 10.1. The maximum absolute atomic E-state index is 4.25. The van der Waals surface area contributed by atoms with Gasteiger partial charge in [-0.3, -0.25) is 4.68 Å². The zero-order valence-corrected chi connectivity index (χ0v) is 11.7. The fraction of sp³-hybridized carbons (Fsp3) is 0.643. The largest absolute Gasteiger partial charge is 0.310 e. The van der Waals surface area contributed by atoms with E-state index < -0.39 is 0 Å². The van der Waals surface area contributed by atoms with Gasteiger partial charge >= 0.3 is 0 Å². The Morgan fingerprint density at radius 2 is 2.24 bits per heavy atom.